The zero-order valence-electron chi connectivity index (χ0n) is 12.1. The van der Waals surface area contributed by atoms with Crippen LogP contribution in [-0.2, 0) is 13.1 Å². The number of aliphatic hydroxyl groups is 1. The third kappa shape index (κ3) is 4.19. The number of rotatable bonds is 7. The van der Waals surface area contributed by atoms with E-state index in [0.29, 0.717) is 0 Å². The molecule has 0 unspecified atom stereocenters. The minimum absolute atomic E-state index is 0.204. The molecule has 2 aromatic rings. The number of aliphatic hydroxyl groups excluding tert-OH is 1. The molecule has 1 N–H and O–H groups in total. The molecule has 106 valence electrons. The molecule has 0 radical (unpaired) electrons. The van der Waals surface area contributed by atoms with E-state index in [2.05, 4.69) is 60.4 Å². The Hall–Kier alpha value is -1.64. The summed E-state index contributed by atoms with van der Waals surface area (Å²) in [6, 6.07) is 21.1. The van der Waals surface area contributed by atoms with Gasteiger partial charge in [-0.1, -0.05) is 67.6 Å². The van der Waals surface area contributed by atoms with Crippen molar-refractivity contribution >= 4 is 0 Å². The van der Waals surface area contributed by atoms with Gasteiger partial charge in [-0.15, -0.1) is 0 Å². The molecule has 0 fully saturated rings. The van der Waals surface area contributed by atoms with Gasteiger partial charge in [0.2, 0.25) is 0 Å². The SMILES string of the molecule is CC[C@@H](CO)N(Cc1ccccc1)Cc1ccccc1. The van der Waals surface area contributed by atoms with Crippen molar-refractivity contribution in [3.05, 3.63) is 71.8 Å². The van der Waals surface area contributed by atoms with E-state index in [1.807, 2.05) is 12.1 Å². The van der Waals surface area contributed by atoms with Gasteiger partial charge >= 0.3 is 0 Å². The zero-order valence-corrected chi connectivity index (χ0v) is 12.1. The summed E-state index contributed by atoms with van der Waals surface area (Å²) >= 11 is 0. The molecule has 0 amide bonds. The average molecular weight is 269 g/mol. The Bertz CT molecular complexity index is 438. The molecule has 0 aliphatic rings. The second-order valence-corrected chi connectivity index (χ2v) is 5.12. The highest BCUT2D eigenvalue weighted by Gasteiger charge is 2.16. The van der Waals surface area contributed by atoms with Crippen LogP contribution in [0.5, 0.6) is 0 Å². The van der Waals surface area contributed by atoms with Gasteiger partial charge in [0, 0.05) is 19.1 Å². The number of hydrogen-bond acceptors (Lipinski definition) is 2. The Morgan fingerprint density at radius 2 is 1.30 bits per heavy atom. The first kappa shape index (κ1) is 14.8. The van der Waals surface area contributed by atoms with E-state index in [0.717, 1.165) is 19.5 Å². The van der Waals surface area contributed by atoms with Gasteiger partial charge in [0.1, 0.15) is 0 Å². The van der Waals surface area contributed by atoms with Crippen LogP contribution in [0.3, 0.4) is 0 Å². The molecule has 0 aliphatic carbocycles. The molecule has 2 rings (SSSR count). The maximum absolute atomic E-state index is 9.61. The van der Waals surface area contributed by atoms with E-state index in [4.69, 9.17) is 0 Å². The molecule has 20 heavy (non-hydrogen) atoms. The van der Waals surface area contributed by atoms with Crippen LogP contribution in [0.25, 0.3) is 0 Å². The molecule has 2 aromatic carbocycles. The Morgan fingerprint density at radius 3 is 1.65 bits per heavy atom. The van der Waals surface area contributed by atoms with Crippen molar-refractivity contribution in [3.63, 3.8) is 0 Å². The standard InChI is InChI=1S/C18H23NO/c1-2-18(15-20)19(13-16-9-5-3-6-10-16)14-17-11-7-4-8-12-17/h3-12,18,20H,2,13-15H2,1H3/t18-/m0/s1. The molecule has 0 aliphatic heterocycles. The van der Waals surface area contributed by atoms with Crippen molar-refractivity contribution in [2.24, 2.45) is 0 Å². The van der Waals surface area contributed by atoms with E-state index in [1.54, 1.807) is 0 Å². The average Bonchev–Trinajstić information content (AvgIpc) is 2.50. The first-order valence-corrected chi connectivity index (χ1v) is 7.26. The smallest absolute Gasteiger partial charge is 0.0587 e. The summed E-state index contributed by atoms with van der Waals surface area (Å²) in [5.74, 6) is 0. The molecule has 0 bridgehead atoms. The fourth-order valence-electron chi connectivity index (χ4n) is 2.45. The van der Waals surface area contributed by atoms with Gasteiger partial charge in [-0.25, -0.2) is 0 Å². The molecule has 0 heterocycles. The predicted molar refractivity (Wildman–Crippen MR) is 83.3 cm³/mol. The summed E-state index contributed by atoms with van der Waals surface area (Å²) < 4.78 is 0. The van der Waals surface area contributed by atoms with Crippen molar-refractivity contribution in [1.29, 1.82) is 0 Å². The first-order chi connectivity index (χ1) is 9.83. The Kier molecular flexibility index (Phi) is 5.78. The summed E-state index contributed by atoms with van der Waals surface area (Å²) in [5, 5.41) is 9.61. The summed E-state index contributed by atoms with van der Waals surface area (Å²) in [7, 11) is 0. The highest BCUT2D eigenvalue weighted by atomic mass is 16.3. The monoisotopic (exact) mass is 269 g/mol. The van der Waals surface area contributed by atoms with E-state index in [1.165, 1.54) is 11.1 Å². The van der Waals surface area contributed by atoms with E-state index < -0.39 is 0 Å². The van der Waals surface area contributed by atoms with Gasteiger partial charge in [0.05, 0.1) is 6.61 Å². The Morgan fingerprint density at radius 1 is 0.850 bits per heavy atom. The van der Waals surface area contributed by atoms with Gasteiger partial charge in [-0.2, -0.15) is 0 Å². The number of hydrogen-bond donors (Lipinski definition) is 1. The van der Waals surface area contributed by atoms with Crippen LogP contribution >= 0.6 is 0 Å². The topological polar surface area (TPSA) is 23.5 Å². The highest BCUT2D eigenvalue weighted by molar-refractivity contribution is 5.17. The molecular formula is C18H23NO. The lowest BCUT2D eigenvalue weighted by molar-refractivity contribution is 0.107. The minimum Gasteiger partial charge on any atom is -0.395 e. The van der Waals surface area contributed by atoms with Gasteiger partial charge < -0.3 is 5.11 Å². The number of benzene rings is 2. The van der Waals surface area contributed by atoms with Crippen LogP contribution in [0.15, 0.2) is 60.7 Å². The molecule has 0 spiro atoms. The maximum Gasteiger partial charge on any atom is 0.0587 e. The second-order valence-electron chi connectivity index (χ2n) is 5.12. The van der Waals surface area contributed by atoms with E-state index in [-0.39, 0.29) is 12.6 Å². The van der Waals surface area contributed by atoms with Gasteiger partial charge in [0.25, 0.3) is 0 Å². The summed E-state index contributed by atoms with van der Waals surface area (Å²) in [5.41, 5.74) is 2.57. The van der Waals surface area contributed by atoms with Crippen molar-refractivity contribution in [3.8, 4) is 0 Å². The molecule has 1 atom stereocenters. The molecule has 2 heteroatoms. The lowest BCUT2D eigenvalue weighted by atomic mass is 10.1. The zero-order chi connectivity index (χ0) is 14.2. The first-order valence-electron chi connectivity index (χ1n) is 7.26. The van der Waals surface area contributed by atoms with E-state index in [9.17, 15) is 5.11 Å². The predicted octanol–water partition coefficient (Wildman–Crippen LogP) is 3.46. The van der Waals surface area contributed by atoms with Crippen LogP contribution in [-0.4, -0.2) is 22.7 Å². The second kappa shape index (κ2) is 7.83. The molecule has 0 aromatic heterocycles. The van der Waals surface area contributed by atoms with Crippen LogP contribution in [0, 0.1) is 0 Å². The Balaban J connectivity index is 2.12. The van der Waals surface area contributed by atoms with Gasteiger partial charge in [-0.05, 0) is 17.5 Å². The van der Waals surface area contributed by atoms with Crippen molar-refractivity contribution < 1.29 is 5.11 Å². The Labute approximate surface area is 121 Å². The van der Waals surface area contributed by atoms with Crippen molar-refractivity contribution in [2.75, 3.05) is 6.61 Å². The largest absolute Gasteiger partial charge is 0.395 e. The minimum atomic E-state index is 0.204. The fourth-order valence-corrected chi connectivity index (χ4v) is 2.45. The molecular weight excluding hydrogens is 246 g/mol. The fraction of sp³-hybridized carbons (Fsp3) is 0.333. The van der Waals surface area contributed by atoms with Crippen LogP contribution in [0.4, 0.5) is 0 Å². The lowest BCUT2D eigenvalue weighted by Crippen LogP contribution is -2.36. The third-order valence-electron chi connectivity index (χ3n) is 3.66. The van der Waals surface area contributed by atoms with Crippen LogP contribution < -0.4 is 0 Å². The molecule has 0 saturated carbocycles. The quantitative estimate of drug-likeness (QED) is 0.832. The van der Waals surface area contributed by atoms with Crippen molar-refractivity contribution in [2.45, 2.75) is 32.5 Å². The van der Waals surface area contributed by atoms with Crippen molar-refractivity contribution in [1.82, 2.24) is 4.90 Å². The summed E-state index contributed by atoms with van der Waals surface area (Å²) in [4.78, 5) is 2.35. The summed E-state index contributed by atoms with van der Waals surface area (Å²) in [6.07, 6.45) is 0.955. The van der Waals surface area contributed by atoms with Gasteiger partial charge in [0.15, 0.2) is 0 Å². The van der Waals surface area contributed by atoms with Crippen LogP contribution in [0.2, 0.25) is 0 Å². The third-order valence-corrected chi connectivity index (χ3v) is 3.66. The van der Waals surface area contributed by atoms with E-state index >= 15 is 0 Å². The number of nitrogens with zero attached hydrogens (tertiary/aromatic N) is 1. The van der Waals surface area contributed by atoms with Crippen LogP contribution in [0.1, 0.15) is 24.5 Å². The molecule has 2 nitrogen and oxygen atoms in total. The maximum atomic E-state index is 9.61. The molecule has 0 saturated heterocycles. The summed E-state index contributed by atoms with van der Waals surface area (Å²) in [6.45, 7) is 4.07. The van der Waals surface area contributed by atoms with Gasteiger partial charge in [-0.3, -0.25) is 4.90 Å². The highest BCUT2D eigenvalue weighted by Crippen LogP contribution is 2.15. The lowest BCUT2D eigenvalue weighted by Gasteiger charge is -2.30. The normalized spacial score (nSPS) is 12.6.